The third-order valence-electron chi connectivity index (χ3n) is 4.08. The third-order valence-corrected chi connectivity index (χ3v) is 4.08. The summed E-state index contributed by atoms with van der Waals surface area (Å²) in [6.07, 6.45) is 1.39. The van der Waals surface area contributed by atoms with Crippen LogP contribution in [0.25, 0.3) is 11.0 Å². The molecule has 1 aromatic heterocycles. The number of hydrogen-bond acceptors (Lipinski definition) is 3. The number of hydrogen-bond donors (Lipinski definition) is 1. The van der Waals surface area contributed by atoms with Crippen LogP contribution in [0, 0.1) is 5.92 Å². The van der Waals surface area contributed by atoms with Crippen molar-refractivity contribution in [3.05, 3.63) is 30.1 Å². The van der Waals surface area contributed by atoms with Gasteiger partial charge >= 0.3 is 12.5 Å². The van der Waals surface area contributed by atoms with Crippen molar-refractivity contribution in [1.29, 1.82) is 0 Å². The molecule has 2 heterocycles. The summed E-state index contributed by atoms with van der Waals surface area (Å²) in [6.45, 7) is -1.34. The van der Waals surface area contributed by atoms with E-state index in [4.69, 9.17) is 5.11 Å². The number of carboxylic acids is 1. The summed E-state index contributed by atoms with van der Waals surface area (Å²) >= 11 is 0. The minimum Gasteiger partial charge on any atom is -0.481 e. The number of fused-ring (bicyclic) bond motifs is 1. The predicted octanol–water partition coefficient (Wildman–Crippen LogP) is 2.73. The number of aromatic nitrogens is 2. The molecule has 3 rings (SSSR count). The van der Waals surface area contributed by atoms with Gasteiger partial charge in [0.1, 0.15) is 5.82 Å². The van der Waals surface area contributed by atoms with E-state index in [1.807, 2.05) is 4.90 Å². The molecular weight excluding hydrogens is 292 g/mol. The van der Waals surface area contributed by atoms with Crippen LogP contribution in [0.2, 0.25) is 0 Å². The number of carbonyl (C=O) groups is 1. The molecule has 1 saturated heterocycles. The molecule has 0 amide bonds. The third kappa shape index (κ3) is 2.81. The number of carboxylic acid groups (broad SMARTS) is 1. The zero-order chi connectivity index (χ0) is 15.7. The molecule has 0 bridgehead atoms. The number of halogens is 2. The summed E-state index contributed by atoms with van der Waals surface area (Å²) in [5.41, 5.74) is 0.934. The fourth-order valence-corrected chi connectivity index (χ4v) is 3.02. The first-order chi connectivity index (χ1) is 10.6. The van der Waals surface area contributed by atoms with Gasteiger partial charge in [0.15, 0.2) is 0 Å². The van der Waals surface area contributed by atoms with E-state index in [9.17, 15) is 13.6 Å². The van der Waals surface area contributed by atoms with E-state index in [0.29, 0.717) is 30.5 Å². The van der Waals surface area contributed by atoms with Crippen molar-refractivity contribution in [1.82, 2.24) is 14.5 Å². The van der Waals surface area contributed by atoms with Gasteiger partial charge < -0.3 is 5.11 Å². The molecule has 2 aromatic rings. The van der Waals surface area contributed by atoms with Crippen LogP contribution in [0.4, 0.5) is 8.78 Å². The summed E-state index contributed by atoms with van der Waals surface area (Å²) in [6, 6.07) is 6.78. The van der Waals surface area contributed by atoms with Crippen molar-refractivity contribution in [3.63, 3.8) is 0 Å². The minimum absolute atomic E-state index is 0.239. The number of benzene rings is 1. The van der Waals surface area contributed by atoms with Crippen molar-refractivity contribution in [2.45, 2.75) is 25.9 Å². The lowest BCUT2D eigenvalue weighted by molar-refractivity contribution is -0.143. The topological polar surface area (TPSA) is 58.4 Å². The van der Waals surface area contributed by atoms with Gasteiger partial charge in [0.05, 0.1) is 23.5 Å². The Morgan fingerprint density at radius 2 is 2.18 bits per heavy atom. The average Bonchev–Trinajstić information content (AvgIpc) is 2.85. The maximum absolute atomic E-state index is 13.4. The van der Waals surface area contributed by atoms with E-state index >= 15 is 0 Å². The zero-order valence-corrected chi connectivity index (χ0v) is 12.0. The molecular formula is C15H17F2N3O2. The second-order valence-electron chi connectivity index (χ2n) is 5.58. The quantitative estimate of drug-likeness (QED) is 0.943. The minimum atomic E-state index is -2.66. The number of nitrogens with zero attached hydrogens (tertiary/aromatic N) is 3. The highest BCUT2D eigenvalue weighted by atomic mass is 19.3. The Bertz CT molecular complexity index is 686. The van der Waals surface area contributed by atoms with E-state index in [2.05, 4.69) is 4.98 Å². The Labute approximate surface area is 126 Å². The number of rotatable bonds is 4. The molecule has 22 heavy (non-hydrogen) atoms. The lowest BCUT2D eigenvalue weighted by Crippen LogP contribution is -2.38. The molecule has 1 aliphatic rings. The van der Waals surface area contributed by atoms with Gasteiger partial charge in [0.2, 0.25) is 0 Å². The molecule has 118 valence electrons. The van der Waals surface area contributed by atoms with Crippen LogP contribution >= 0.6 is 0 Å². The summed E-state index contributed by atoms with van der Waals surface area (Å²) in [5.74, 6) is -0.979. The first-order valence-electron chi connectivity index (χ1n) is 7.25. The molecule has 1 atom stereocenters. The SMILES string of the molecule is O=C(O)C1CCCN(Cc2nc3ccccc3n2C(F)F)C1. The number of alkyl halides is 2. The van der Waals surface area contributed by atoms with Crippen molar-refractivity contribution >= 4 is 17.0 Å². The Balaban J connectivity index is 1.87. The molecule has 1 N–H and O–H groups in total. The fourth-order valence-electron chi connectivity index (χ4n) is 3.02. The van der Waals surface area contributed by atoms with Crippen molar-refractivity contribution in [2.24, 2.45) is 5.92 Å². The largest absolute Gasteiger partial charge is 0.481 e. The first-order valence-corrected chi connectivity index (χ1v) is 7.25. The van der Waals surface area contributed by atoms with Gasteiger partial charge in [-0.1, -0.05) is 12.1 Å². The summed E-state index contributed by atoms with van der Waals surface area (Å²) in [7, 11) is 0. The number of imidazole rings is 1. The molecule has 1 fully saturated rings. The molecule has 1 aromatic carbocycles. The average molecular weight is 309 g/mol. The highest BCUT2D eigenvalue weighted by Crippen LogP contribution is 2.25. The molecule has 1 unspecified atom stereocenters. The van der Waals surface area contributed by atoms with Gasteiger partial charge in [0.25, 0.3) is 0 Å². The summed E-state index contributed by atoms with van der Waals surface area (Å²) in [4.78, 5) is 17.3. The Kier molecular flexibility index (Phi) is 4.06. The van der Waals surface area contributed by atoms with E-state index in [1.54, 1.807) is 24.3 Å². The van der Waals surface area contributed by atoms with Crippen molar-refractivity contribution < 1.29 is 18.7 Å². The van der Waals surface area contributed by atoms with Gasteiger partial charge in [-0.25, -0.2) is 4.98 Å². The molecule has 0 aliphatic carbocycles. The predicted molar refractivity (Wildman–Crippen MR) is 76.6 cm³/mol. The van der Waals surface area contributed by atoms with Gasteiger partial charge in [-0.15, -0.1) is 0 Å². The van der Waals surface area contributed by atoms with E-state index in [0.717, 1.165) is 11.0 Å². The van der Waals surface area contributed by atoms with Crippen LogP contribution in [0.3, 0.4) is 0 Å². The Morgan fingerprint density at radius 1 is 1.41 bits per heavy atom. The van der Waals surface area contributed by atoms with Crippen LogP contribution in [0.15, 0.2) is 24.3 Å². The van der Waals surface area contributed by atoms with Gasteiger partial charge in [-0.05, 0) is 31.5 Å². The first kappa shape index (κ1) is 14.9. The molecule has 1 aliphatic heterocycles. The molecule has 0 saturated carbocycles. The normalized spacial score (nSPS) is 19.9. The fraction of sp³-hybridized carbons (Fsp3) is 0.467. The summed E-state index contributed by atoms with van der Waals surface area (Å²) < 4.78 is 27.7. The lowest BCUT2D eigenvalue weighted by Gasteiger charge is -2.30. The highest BCUT2D eigenvalue weighted by Gasteiger charge is 2.27. The number of para-hydroxylation sites is 2. The van der Waals surface area contributed by atoms with Crippen molar-refractivity contribution in [2.75, 3.05) is 13.1 Å². The van der Waals surface area contributed by atoms with Crippen molar-refractivity contribution in [3.8, 4) is 0 Å². The van der Waals surface area contributed by atoms with Crippen LogP contribution in [0.1, 0.15) is 25.2 Å². The zero-order valence-electron chi connectivity index (χ0n) is 12.0. The summed E-state index contributed by atoms with van der Waals surface area (Å²) in [5, 5.41) is 9.11. The number of aliphatic carboxylic acids is 1. The molecule has 0 spiro atoms. The molecule has 7 heteroatoms. The number of likely N-dealkylation sites (tertiary alicyclic amines) is 1. The van der Waals surface area contributed by atoms with Crippen LogP contribution in [-0.4, -0.2) is 38.6 Å². The molecule has 0 radical (unpaired) electrons. The Morgan fingerprint density at radius 3 is 2.91 bits per heavy atom. The second kappa shape index (κ2) is 6.00. The standard InChI is InChI=1S/C15H17F2N3O2/c16-15(17)20-12-6-2-1-5-11(12)18-13(20)9-19-7-3-4-10(8-19)14(21)22/h1-2,5-6,10,15H,3-4,7-9H2,(H,21,22). The lowest BCUT2D eigenvalue weighted by atomic mass is 9.98. The van der Waals surface area contributed by atoms with E-state index < -0.39 is 18.4 Å². The maximum atomic E-state index is 13.4. The highest BCUT2D eigenvalue weighted by molar-refractivity contribution is 5.76. The smallest absolute Gasteiger partial charge is 0.320 e. The van der Waals surface area contributed by atoms with Crippen LogP contribution in [0.5, 0.6) is 0 Å². The number of piperidine rings is 1. The maximum Gasteiger partial charge on any atom is 0.320 e. The van der Waals surface area contributed by atoms with Crippen LogP contribution in [-0.2, 0) is 11.3 Å². The van der Waals surface area contributed by atoms with Gasteiger partial charge in [-0.3, -0.25) is 14.3 Å². The molecule has 5 nitrogen and oxygen atoms in total. The Hall–Kier alpha value is -2.02. The van der Waals surface area contributed by atoms with Gasteiger partial charge in [0, 0.05) is 6.54 Å². The monoisotopic (exact) mass is 309 g/mol. The second-order valence-corrected chi connectivity index (χ2v) is 5.58. The van der Waals surface area contributed by atoms with E-state index in [-0.39, 0.29) is 12.4 Å². The van der Waals surface area contributed by atoms with E-state index in [1.165, 1.54) is 0 Å². The van der Waals surface area contributed by atoms with Crippen LogP contribution < -0.4 is 0 Å². The van der Waals surface area contributed by atoms with Gasteiger partial charge in [-0.2, -0.15) is 8.78 Å².